The van der Waals surface area contributed by atoms with Crippen LogP contribution in [0.3, 0.4) is 0 Å². The van der Waals surface area contributed by atoms with Crippen LogP contribution in [0.15, 0.2) is 61.2 Å². The Morgan fingerprint density at radius 1 is 1.17 bits per heavy atom. The van der Waals surface area contributed by atoms with Gasteiger partial charge in [0.05, 0.1) is 19.5 Å². The molecule has 0 spiro atoms. The predicted molar refractivity (Wildman–Crippen MR) is 137 cm³/mol. The molecule has 36 heavy (non-hydrogen) atoms. The minimum atomic E-state index is -0.949. The Hall–Kier alpha value is -3.07. The average molecular weight is 511 g/mol. The minimum absolute atomic E-state index is 0.136. The second kappa shape index (κ2) is 10.5. The molecule has 8 nitrogen and oxygen atoms in total. The summed E-state index contributed by atoms with van der Waals surface area (Å²) in [6.45, 7) is 8.04. The molecule has 2 saturated heterocycles. The maximum atomic E-state index is 11.6. The Morgan fingerprint density at radius 2 is 1.94 bits per heavy atom. The molecule has 3 aromatic rings. The molecule has 0 aliphatic carbocycles. The second-order valence-corrected chi connectivity index (χ2v) is 9.73. The molecular weight excluding hydrogens is 480 g/mol. The topological polar surface area (TPSA) is 69.1 Å². The van der Waals surface area contributed by atoms with Gasteiger partial charge in [0.15, 0.2) is 0 Å². The van der Waals surface area contributed by atoms with Crippen molar-refractivity contribution < 1.29 is 19.0 Å². The highest BCUT2D eigenvalue weighted by Crippen LogP contribution is 2.38. The van der Waals surface area contributed by atoms with E-state index in [9.17, 15) is 4.79 Å². The van der Waals surface area contributed by atoms with E-state index in [0.29, 0.717) is 24.8 Å². The monoisotopic (exact) mass is 510 g/mol. The summed E-state index contributed by atoms with van der Waals surface area (Å²) >= 11 is 6.20. The molecule has 0 N–H and O–H groups in total. The smallest absolute Gasteiger partial charge is 0.219 e. The van der Waals surface area contributed by atoms with E-state index >= 15 is 0 Å². The van der Waals surface area contributed by atoms with Crippen molar-refractivity contribution >= 4 is 23.2 Å². The van der Waals surface area contributed by atoms with E-state index < -0.39 is 5.79 Å². The van der Waals surface area contributed by atoms with Gasteiger partial charge < -0.3 is 28.6 Å². The first-order chi connectivity index (χ1) is 17.4. The van der Waals surface area contributed by atoms with Crippen molar-refractivity contribution in [2.45, 2.75) is 32.3 Å². The lowest BCUT2D eigenvalue weighted by atomic mass is 10.00. The Balaban J connectivity index is 1.22. The fourth-order valence-corrected chi connectivity index (χ4v) is 5.08. The van der Waals surface area contributed by atoms with Crippen LogP contribution in [0.5, 0.6) is 5.75 Å². The number of imidazole rings is 1. The van der Waals surface area contributed by atoms with Crippen molar-refractivity contribution in [1.29, 1.82) is 0 Å². The van der Waals surface area contributed by atoms with Crippen molar-refractivity contribution in [2.24, 2.45) is 0 Å². The molecule has 190 valence electrons. The van der Waals surface area contributed by atoms with E-state index in [0.717, 1.165) is 48.7 Å². The summed E-state index contributed by atoms with van der Waals surface area (Å²) < 4.78 is 20.9. The van der Waals surface area contributed by atoms with E-state index in [2.05, 4.69) is 22.0 Å². The summed E-state index contributed by atoms with van der Waals surface area (Å²) in [6, 6.07) is 13.8. The van der Waals surface area contributed by atoms with Crippen LogP contribution in [0.1, 0.15) is 18.1 Å². The minimum Gasteiger partial charge on any atom is -0.491 e. The number of halogens is 1. The van der Waals surface area contributed by atoms with Crippen molar-refractivity contribution in [3.8, 4) is 5.75 Å². The fourth-order valence-electron chi connectivity index (χ4n) is 4.85. The number of nitrogens with zero attached hydrogens (tertiary/aromatic N) is 4. The molecule has 0 bridgehead atoms. The first kappa shape index (κ1) is 24.6. The third-order valence-corrected chi connectivity index (χ3v) is 7.01. The van der Waals surface area contributed by atoms with Gasteiger partial charge in [-0.1, -0.05) is 17.7 Å². The van der Waals surface area contributed by atoms with Crippen molar-refractivity contribution in [1.82, 2.24) is 14.5 Å². The number of hydrogen-bond donors (Lipinski definition) is 0. The lowest BCUT2D eigenvalue weighted by Crippen LogP contribution is -2.48. The van der Waals surface area contributed by atoms with Gasteiger partial charge in [0.1, 0.15) is 18.5 Å². The lowest BCUT2D eigenvalue weighted by molar-refractivity contribution is -0.189. The summed E-state index contributed by atoms with van der Waals surface area (Å²) in [6.07, 6.45) is 5.16. The van der Waals surface area contributed by atoms with Crippen LogP contribution in [-0.2, 0) is 26.6 Å². The number of ether oxygens (including phenoxy) is 3. The number of hydrogen-bond acceptors (Lipinski definition) is 6. The van der Waals surface area contributed by atoms with Gasteiger partial charge in [-0.15, -0.1) is 0 Å². The number of benzene rings is 2. The van der Waals surface area contributed by atoms with Crippen LogP contribution < -0.4 is 9.64 Å². The van der Waals surface area contributed by atoms with Crippen LogP contribution in [0.4, 0.5) is 5.69 Å². The molecule has 9 heteroatoms. The highest BCUT2D eigenvalue weighted by Gasteiger charge is 2.45. The summed E-state index contributed by atoms with van der Waals surface area (Å²) in [4.78, 5) is 19.9. The van der Waals surface area contributed by atoms with Gasteiger partial charge in [-0.25, -0.2) is 4.98 Å². The van der Waals surface area contributed by atoms with Crippen LogP contribution in [0.25, 0.3) is 0 Å². The van der Waals surface area contributed by atoms with Crippen LogP contribution >= 0.6 is 11.6 Å². The van der Waals surface area contributed by atoms with E-state index in [1.807, 2.05) is 52.9 Å². The summed E-state index contributed by atoms with van der Waals surface area (Å²) in [7, 11) is 0. The molecule has 2 unspecified atom stereocenters. The normalized spacial score (nSPS) is 22.1. The quantitative estimate of drug-likeness (QED) is 0.481. The molecule has 1 aromatic heterocycles. The Bertz CT molecular complexity index is 1180. The van der Waals surface area contributed by atoms with Crippen molar-refractivity contribution in [3.05, 3.63) is 77.3 Å². The zero-order valence-electron chi connectivity index (χ0n) is 20.6. The zero-order chi connectivity index (χ0) is 25.1. The van der Waals surface area contributed by atoms with Crippen LogP contribution in [0.2, 0.25) is 5.02 Å². The second-order valence-electron chi connectivity index (χ2n) is 9.30. The number of anilines is 1. The number of amides is 1. The van der Waals surface area contributed by atoms with Gasteiger partial charge in [-0.3, -0.25) is 4.79 Å². The Morgan fingerprint density at radius 3 is 2.61 bits per heavy atom. The molecule has 3 heterocycles. The SMILES string of the molecule is CC(=O)N1CCN(c2ccc(OCC3COC(Cn4ccnc4)(c4ccc(Cl)cc4C)O3)cc2)CC1. The number of aryl methyl sites for hydroxylation is 1. The number of piperazine rings is 1. The first-order valence-electron chi connectivity index (χ1n) is 12.2. The van der Waals surface area contributed by atoms with Gasteiger partial charge >= 0.3 is 0 Å². The van der Waals surface area contributed by atoms with Crippen LogP contribution in [-0.4, -0.2) is 65.9 Å². The summed E-state index contributed by atoms with van der Waals surface area (Å²) in [5.41, 5.74) is 3.07. The Labute approximate surface area is 216 Å². The largest absolute Gasteiger partial charge is 0.491 e. The first-order valence-corrected chi connectivity index (χ1v) is 12.6. The number of carbonyl (C=O) groups is 1. The predicted octanol–water partition coefficient (Wildman–Crippen LogP) is 3.86. The van der Waals surface area contributed by atoms with Gasteiger partial charge in [0.2, 0.25) is 11.7 Å². The molecule has 0 saturated carbocycles. The van der Waals surface area contributed by atoms with Crippen LogP contribution in [0, 0.1) is 6.92 Å². The molecule has 2 aromatic carbocycles. The molecular formula is C27H31ClN4O4. The number of rotatable bonds is 7. The molecule has 2 aliphatic rings. The van der Waals surface area contributed by atoms with Crippen molar-refractivity contribution in [3.63, 3.8) is 0 Å². The highest BCUT2D eigenvalue weighted by atomic mass is 35.5. The third-order valence-electron chi connectivity index (χ3n) is 6.77. The third kappa shape index (κ3) is 5.36. The van der Waals surface area contributed by atoms with E-state index in [1.165, 1.54) is 0 Å². The summed E-state index contributed by atoms with van der Waals surface area (Å²) in [5.74, 6) is -0.0359. The molecule has 2 aliphatic heterocycles. The van der Waals surface area contributed by atoms with E-state index in [1.54, 1.807) is 19.4 Å². The molecule has 2 atom stereocenters. The average Bonchev–Trinajstić information content (AvgIpc) is 3.54. The van der Waals surface area contributed by atoms with Gasteiger partial charge in [-0.05, 0) is 48.9 Å². The molecule has 1 amide bonds. The number of carbonyl (C=O) groups excluding carboxylic acids is 1. The molecule has 5 rings (SSSR count). The lowest BCUT2D eigenvalue weighted by Gasteiger charge is -2.35. The fraction of sp³-hybridized carbons (Fsp3) is 0.407. The molecule has 0 radical (unpaired) electrons. The highest BCUT2D eigenvalue weighted by molar-refractivity contribution is 6.30. The molecule has 2 fully saturated rings. The maximum Gasteiger partial charge on any atom is 0.219 e. The Kier molecular flexibility index (Phi) is 7.18. The summed E-state index contributed by atoms with van der Waals surface area (Å²) in [5, 5.41) is 0.677. The van der Waals surface area contributed by atoms with E-state index in [-0.39, 0.29) is 12.0 Å². The van der Waals surface area contributed by atoms with Gasteiger partial charge in [0.25, 0.3) is 0 Å². The standard InChI is InChI=1S/C27H31ClN4O4/c1-20-15-22(28)3-8-26(20)27(18-30-10-9-29-19-30)35-17-25(36-27)16-34-24-6-4-23(5-7-24)32-13-11-31(12-14-32)21(2)33/h3-10,15,19,25H,11-14,16-18H2,1-2H3. The number of aromatic nitrogens is 2. The van der Waals surface area contributed by atoms with E-state index in [4.69, 9.17) is 25.8 Å². The zero-order valence-corrected chi connectivity index (χ0v) is 21.4. The van der Waals surface area contributed by atoms with Gasteiger partial charge in [0, 0.05) is 61.8 Å². The maximum absolute atomic E-state index is 11.6. The van der Waals surface area contributed by atoms with Gasteiger partial charge in [-0.2, -0.15) is 0 Å². The van der Waals surface area contributed by atoms with Crippen molar-refractivity contribution in [2.75, 3.05) is 44.3 Å².